The number of rotatable bonds is 2. The molecule has 2 heterocycles. The summed E-state index contributed by atoms with van der Waals surface area (Å²) in [6.07, 6.45) is 3.25. The molecule has 0 amide bonds. The Balaban J connectivity index is 2.00. The first-order valence-electron chi connectivity index (χ1n) is 4.99. The summed E-state index contributed by atoms with van der Waals surface area (Å²) >= 11 is 0. The fourth-order valence-corrected chi connectivity index (χ4v) is 1.93. The average Bonchev–Trinajstić information content (AvgIpc) is 2.65. The van der Waals surface area contributed by atoms with Crippen LogP contribution in [0.1, 0.15) is 24.6 Å². The Morgan fingerprint density at radius 2 is 2.47 bits per heavy atom. The van der Waals surface area contributed by atoms with Crippen LogP contribution in [0.3, 0.4) is 0 Å². The number of hydrogen-bond acceptors (Lipinski definition) is 4. The highest BCUT2D eigenvalue weighted by Gasteiger charge is 2.27. The Morgan fingerprint density at radius 3 is 2.93 bits per heavy atom. The third-order valence-corrected chi connectivity index (χ3v) is 2.87. The quantitative estimate of drug-likeness (QED) is 0.714. The van der Waals surface area contributed by atoms with Crippen molar-refractivity contribution in [2.45, 2.75) is 18.9 Å². The van der Waals surface area contributed by atoms with Gasteiger partial charge in [0, 0.05) is 13.6 Å². The van der Waals surface area contributed by atoms with Crippen molar-refractivity contribution in [3.8, 4) is 0 Å². The van der Waals surface area contributed by atoms with Crippen LogP contribution in [0.5, 0.6) is 0 Å². The van der Waals surface area contributed by atoms with Gasteiger partial charge in [-0.25, -0.2) is 0 Å². The summed E-state index contributed by atoms with van der Waals surface area (Å²) < 4.78 is 1.72. The first-order valence-corrected chi connectivity index (χ1v) is 4.99. The fourth-order valence-electron chi connectivity index (χ4n) is 1.93. The number of nitrogens with one attached hydrogen (secondary N) is 1. The molecule has 1 aliphatic heterocycles. The summed E-state index contributed by atoms with van der Waals surface area (Å²) in [7, 11) is 1.84. The van der Waals surface area contributed by atoms with Crippen molar-refractivity contribution in [1.82, 2.24) is 20.3 Å². The molecule has 0 aromatic carbocycles. The Hall–Kier alpha value is -1.43. The lowest BCUT2D eigenvalue weighted by atomic mass is 9.93. The maximum absolute atomic E-state index is 10.7. The molecule has 0 bridgehead atoms. The molecule has 0 aliphatic carbocycles. The molecule has 1 aromatic heterocycles. The van der Waals surface area contributed by atoms with Gasteiger partial charge < -0.3 is 10.4 Å². The highest BCUT2D eigenvalue weighted by molar-refractivity contribution is 5.70. The van der Waals surface area contributed by atoms with E-state index in [2.05, 4.69) is 15.6 Å². The van der Waals surface area contributed by atoms with Crippen LogP contribution in [-0.4, -0.2) is 32.6 Å². The number of carbonyl (C=O) groups is 1. The van der Waals surface area contributed by atoms with Crippen molar-refractivity contribution < 1.29 is 9.90 Å². The Kier molecular flexibility index (Phi) is 2.68. The van der Waals surface area contributed by atoms with E-state index in [-0.39, 0.29) is 12.0 Å². The van der Waals surface area contributed by atoms with Gasteiger partial charge in [0.2, 0.25) is 0 Å². The van der Waals surface area contributed by atoms with Gasteiger partial charge in [0.05, 0.1) is 23.9 Å². The maximum Gasteiger partial charge on any atom is 0.307 e. The molecule has 15 heavy (non-hydrogen) atoms. The SMILES string of the molecule is Cn1nncc1C1CCC(C(=O)O)CN1. The van der Waals surface area contributed by atoms with E-state index in [1.54, 1.807) is 10.9 Å². The lowest BCUT2D eigenvalue weighted by molar-refractivity contribution is -0.142. The van der Waals surface area contributed by atoms with Crippen LogP contribution in [0.25, 0.3) is 0 Å². The zero-order chi connectivity index (χ0) is 10.8. The van der Waals surface area contributed by atoms with Gasteiger partial charge in [-0.05, 0) is 12.8 Å². The van der Waals surface area contributed by atoms with Gasteiger partial charge >= 0.3 is 5.97 Å². The molecule has 1 aliphatic rings. The van der Waals surface area contributed by atoms with Crippen LogP contribution < -0.4 is 5.32 Å². The van der Waals surface area contributed by atoms with Gasteiger partial charge in [-0.2, -0.15) is 0 Å². The molecule has 2 rings (SSSR count). The van der Waals surface area contributed by atoms with E-state index in [1.165, 1.54) is 0 Å². The van der Waals surface area contributed by atoms with E-state index in [0.717, 1.165) is 12.1 Å². The van der Waals surface area contributed by atoms with E-state index in [4.69, 9.17) is 5.11 Å². The van der Waals surface area contributed by atoms with Crippen molar-refractivity contribution in [2.24, 2.45) is 13.0 Å². The second kappa shape index (κ2) is 3.98. The van der Waals surface area contributed by atoms with Crippen LogP contribution in [0, 0.1) is 5.92 Å². The predicted octanol–water partition coefficient (Wildman–Crippen LogP) is -0.0596. The Morgan fingerprint density at radius 1 is 1.67 bits per heavy atom. The number of carboxylic acid groups (broad SMARTS) is 1. The summed E-state index contributed by atoms with van der Waals surface area (Å²) in [6.45, 7) is 0.519. The average molecular weight is 210 g/mol. The van der Waals surface area contributed by atoms with Crippen molar-refractivity contribution in [3.05, 3.63) is 11.9 Å². The van der Waals surface area contributed by atoms with Crippen molar-refractivity contribution in [1.29, 1.82) is 0 Å². The first-order chi connectivity index (χ1) is 7.18. The maximum atomic E-state index is 10.7. The fraction of sp³-hybridized carbons (Fsp3) is 0.667. The normalized spacial score (nSPS) is 26.5. The molecule has 0 radical (unpaired) electrons. The summed E-state index contributed by atoms with van der Waals surface area (Å²) in [6, 6.07) is 0.181. The number of piperidine rings is 1. The van der Waals surface area contributed by atoms with Crippen molar-refractivity contribution in [2.75, 3.05) is 6.54 Å². The largest absolute Gasteiger partial charge is 0.481 e. The lowest BCUT2D eigenvalue weighted by Crippen LogP contribution is -2.37. The van der Waals surface area contributed by atoms with Crippen molar-refractivity contribution in [3.63, 3.8) is 0 Å². The smallest absolute Gasteiger partial charge is 0.307 e. The zero-order valence-corrected chi connectivity index (χ0v) is 8.55. The van der Waals surface area contributed by atoms with E-state index >= 15 is 0 Å². The minimum Gasteiger partial charge on any atom is -0.481 e. The summed E-state index contributed by atoms with van der Waals surface area (Å²) in [4.78, 5) is 10.7. The molecule has 0 spiro atoms. The van der Waals surface area contributed by atoms with Gasteiger partial charge in [0.15, 0.2) is 0 Å². The van der Waals surface area contributed by atoms with Gasteiger partial charge in [-0.15, -0.1) is 5.10 Å². The van der Waals surface area contributed by atoms with Gasteiger partial charge in [0.1, 0.15) is 0 Å². The Bertz CT molecular complexity index is 355. The molecule has 6 heteroatoms. The Labute approximate surface area is 87.3 Å². The van der Waals surface area contributed by atoms with Crippen LogP contribution in [-0.2, 0) is 11.8 Å². The van der Waals surface area contributed by atoms with Gasteiger partial charge in [-0.3, -0.25) is 9.48 Å². The van der Waals surface area contributed by atoms with E-state index in [0.29, 0.717) is 13.0 Å². The van der Waals surface area contributed by atoms with Crippen LogP contribution in [0.15, 0.2) is 6.20 Å². The van der Waals surface area contributed by atoms with Crippen LogP contribution in [0.2, 0.25) is 0 Å². The monoisotopic (exact) mass is 210 g/mol. The summed E-state index contributed by atoms with van der Waals surface area (Å²) in [5.74, 6) is -0.980. The van der Waals surface area contributed by atoms with Crippen LogP contribution in [0.4, 0.5) is 0 Å². The second-order valence-electron chi connectivity index (χ2n) is 3.86. The molecule has 1 aromatic rings. The molecule has 2 N–H and O–H groups in total. The predicted molar refractivity (Wildman–Crippen MR) is 52.1 cm³/mol. The number of hydrogen-bond donors (Lipinski definition) is 2. The number of nitrogens with zero attached hydrogens (tertiary/aromatic N) is 3. The van der Waals surface area contributed by atoms with Gasteiger partial charge in [-0.1, -0.05) is 5.21 Å². The molecule has 1 fully saturated rings. The highest BCUT2D eigenvalue weighted by Crippen LogP contribution is 2.24. The molecule has 6 nitrogen and oxygen atoms in total. The molecule has 2 unspecified atom stereocenters. The molecular formula is C9H14N4O2. The zero-order valence-electron chi connectivity index (χ0n) is 8.55. The van der Waals surface area contributed by atoms with Gasteiger partial charge in [0.25, 0.3) is 0 Å². The minimum atomic E-state index is -0.718. The van der Waals surface area contributed by atoms with Crippen molar-refractivity contribution >= 4 is 5.97 Å². The standard InChI is InChI=1S/C9H14N4O2/c1-13-8(5-11-12-13)7-3-2-6(4-10-7)9(14)15/h5-7,10H,2-4H2,1H3,(H,14,15). The number of aliphatic carboxylic acids is 1. The number of aryl methyl sites for hydroxylation is 1. The lowest BCUT2D eigenvalue weighted by Gasteiger charge is -2.27. The van der Waals surface area contributed by atoms with Crippen LogP contribution >= 0.6 is 0 Å². The number of carboxylic acids is 1. The third kappa shape index (κ3) is 1.99. The molecule has 1 saturated heterocycles. The first kappa shape index (κ1) is 10.1. The van der Waals surface area contributed by atoms with E-state index in [1.807, 2.05) is 7.05 Å². The molecule has 82 valence electrons. The molecule has 0 saturated carbocycles. The number of aromatic nitrogens is 3. The van der Waals surface area contributed by atoms with E-state index in [9.17, 15) is 4.79 Å². The second-order valence-corrected chi connectivity index (χ2v) is 3.86. The minimum absolute atomic E-state index is 0.181. The third-order valence-electron chi connectivity index (χ3n) is 2.87. The van der Waals surface area contributed by atoms with E-state index < -0.39 is 5.97 Å². The topological polar surface area (TPSA) is 80.0 Å². The summed E-state index contributed by atoms with van der Waals surface area (Å²) in [5, 5.41) is 19.7. The molecule has 2 atom stereocenters. The highest BCUT2D eigenvalue weighted by atomic mass is 16.4. The molecular weight excluding hydrogens is 196 g/mol. The summed E-state index contributed by atoms with van der Waals surface area (Å²) in [5.41, 5.74) is 1.01.